The van der Waals surface area contributed by atoms with E-state index >= 15 is 0 Å². The number of fused-ring (bicyclic) bond motifs is 1. The summed E-state index contributed by atoms with van der Waals surface area (Å²) in [6, 6.07) is 16.1. The van der Waals surface area contributed by atoms with Crippen LogP contribution in [0.4, 0.5) is 22.0 Å². The summed E-state index contributed by atoms with van der Waals surface area (Å²) in [6.45, 7) is 0.819. The zero-order valence-corrected chi connectivity index (χ0v) is 15.7. The highest BCUT2D eigenvalue weighted by Gasteiger charge is 2.16. The van der Waals surface area contributed by atoms with Crippen molar-refractivity contribution in [1.29, 1.82) is 0 Å². The lowest BCUT2D eigenvalue weighted by molar-refractivity contribution is 0.286. The van der Waals surface area contributed by atoms with Gasteiger partial charge >= 0.3 is 0 Å². The number of halogens is 1. The Hall–Kier alpha value is -3.52. The summed E-state index contributed by atoms with van der Waals surface area (Å²) in [4.78, 5) is 13.5. The predicted octanol–water partition coefficient (Wildman–Crippen LogP) is 3.88. The number of aliphatic hydroxyl groups excluding tert-OH is 1. The number of hydrogen-bond donors (Lipinski definition) is 3. The minimum absolute atomic E-state index is 0.160. The van der Waals surface area contributed by atoms with Gasteiger partial charge in [0.15, 0.2) is 5.65 Å². The van der Waals surface area contributed by atoms with Crippen LogP contribution in [0.5, 0.6) is 0 Å². The first-order valence-electron chi connectivity index (χ1n) is 9.43. The fourth-order valence-corrected chi connectivity index (χ4v) is 2.98. The van der Waals surface area contributed by atoms with Crippen molar-refractivity contribution in [1.82, 2.24) is 19.5 Å². The second-order valence-electron chi connectivity index (χ2n) is 6.47. The molecule has 2 aromatic heterocycles. The van der Waals surface area contributed by atoms with Crippen LogP contribution >= 0.6 is 0 Å². The van der Waals surface area contributed by atoms with Crippen molar-refractivity contribution >= 4 is 28.7 Å². The summed E-state index contributed by atoms with van der Waals surface area (Å²) in [5.41, 5.74) is 2.37. The van der Waals surface area contributed by atoms with E-state index < -0.39 is 0 Å². The Morgan fingerprint density at radius 3 is 2.55 bits per heavy atom. The summed E-state index contributed by atoms with van der Waals surface area (Å²) in [5, 5.41) is 15.1. The van der Waals surface area contributed by atoms with E-state index in [1.54, 1.807) is 24.4 Å². The van der Waals surface area contributed by atoms with Gasteiger partial charge in [-0.3, -0.25) is 4.57 Å². The van der Waals surface area contributed by atoms with E-state index in [1.165, 1.54) is 6.07 Å². The van der Waals surface area contributed by atoms with Crippen LogP contribution in [0.25, 0.3) is 16.9 Å². The van der Waals surface area contributed by atoms with Crippen LogP contribution in [0.2, 0.25) is 0 Å². The molecular weight excluding hydrogens is 371 g/mol. The number of aromatic nitrogens is 4. The Labute approximate surface area is 167 Å². The Morgan fingerprint density at radius 2 is 1.76 bits per heavy atom. The van der Waals surface area contributed by atoms with Crippen LogP contribution in [0.3, 0.4) is 0 Å². The number of hydrogen-bond acceptors (Lipinski definition) is 6. The molecule has 29 heavy (non-hydrogen) atoms. The molecule has 0 fully saturated rings. The molecule has 0 aliphatic rings. The maximum absolute atomic E-state index is 14.2. The molecule has 4 aromatic rings. The third-order valence-electron chi connectivity index (χ3n) is 4.40. The highest BCUT2D eigenvalue weighted by molar-refractivity contribution is 5.79. The lowest BCUT2D eigenvalue weighted by atomic mass is 10.3. The lowest BCUT2D eigenvalue weighted by Crippen LogP contribution is -2.07. The molecule has 0 amide bonds. The van der Waals surface area contributed by atoms with Gasteiger partial charge in [-0.05, 0) is 37.1 Å². The van der Waals surface area contributed by atoms with Crippen LogP contribution in [0.15, 0.2) is 60.8 Å². The number of unbranched alkanes of at least 4 members (excludes halogenated alkanes) is 1. The highest BCUT2D eigenvalue weighted by atomic mass is 19.1. The van der Waals surface area contributed by atoms with Crippen LogP contribution < -0.4 is 10.6 Å². The Kier molecular flexibility index (Phi) is 5.62. The molecule has 7 nitrogen and oxygen atoms in total. The van der Waals surface area contributed by atoms with Gasteiger partial charge in [-0.1, -0.05) is 30.3 Å². The SMILES string of the molecule is OCCCCNc1ncc2nc(Nc3ccccc3F)n(-c3ccccc3)c2n1. The van der Waals surface area contributed by atoms with Crippen molar-refractivity contribution in [2.45, 2.75) is 12.8 Å². The fourth-order valence-electron chi connectivity index (χ4n) is 2.98. The summed E-state index contributed by atoms with van der Waals surface area (Å²) in [5.74, 6) is 0.560. The first-order valence-corrected chi connectivity index (χ1v) is 9.43. The number of nitrogens with one attached hydrogen (secondary N) is 2. The van der Waals surface area contributed by atoms with Gasteiger partial charge in [0.05, 0.1) is 17.6 Å². The van der Waals surface area contributed by atoms with E-state index in [-0.39, 0.29) is 12.4 Å². The smallest absolute Gasteiger partial charge is 0.224 e. The van der Waals surface area contributed by atoms with Gasteiger partial charge in [0.2, 0.25) is 11.9 Å². The molecule has 0 unspecified atom stereocenters. The minimum Gasteiger partial charge on any atom is -0.396 e. The molecule has 4 rings (SSSR count). The molecule has 0 aliphatic carbocycles. The summed E-state index contributed by atoms with van der Waals surface area (Å²) < 4.78 is 16.0. The van der Waals surface area contributed by atoms with Gasteiger partial charge in [-0.2, -0.15) is 4.98 Å². The van der Waals surface area contributed by atoms with Gasteiger partial charge in [0.25, 0.3) is 0 Å². The molecule has 0 aliphatic heterocycles. The van der Waals surface area contributed by atoms with Crippen molar-refractivity contribution in [2.24, 2.45) is 0 Å². The highest BCUT2D eigenvalue weighted by Crippen LogP contribution is 2.27. The first kappa shape index (κ1) is 18.8. The third kappa shape index (κ3) is 4.17. The van der Waals surface area contributed by atoms with E-state index in [0.29, 0.717) is 41.7 Å². The molecule has 3 N–H and O–H groups in total. The van der Waals surface area contributed by atoms with E-state index in [2.05, 4.69) is 25.6 Å². The van der Waals surface area contributed by atoms with Gasteiger partial charge in [-0.15, -0.1) is 0 Å². The molecule has 0 atom stereocenters. The lowest BCUT2D eigenvalue weighted by Gasteiger charge is -2.11. The van der Waals surface area contributed by atoms with Crippen LogP contribution in [0, 0.1) is 5.82 Å². The normalized spacial score (nSPS) is 11.0. The van der Waals surface area contributed by atoms with Gasteiger partial charge < -0.3 is 15.7 Å². The standard InChI is InChI=1S/C21H21FN6O/c22-16-10-4-5-11-17(16)25-21-26-18-14-24-20(23-12-6-7-13-29)27-19(18)28(21)15-8-2-1-3-9-15/h1-5,8-11,14,29H,6-7,12-13H2,(H,25,26)(H,23,24,27). The molecule has 2 aromatic carbocycles. The average Bonchev–Trinajstić information content (AvgIpc) is 3.10. The molecular formula is C21H21FN6O. The summed E-state index contributed by atoms with van der Waals surface area (Å²) >= 11 is 0. The van der Waals surface area contributed by atoms with Gasteiger partial charge in [-0.25, -0.2) is 14.4 Å². The number of anilines is 3. The largest absolute Gasteiger partial charge is 0.396 e. The zero-order valence-electron chi connectivity index (χ0n) is 15.7. The topological polar surface area (TPSA) is 87.9 Å². The number of benzene rings is 2. The molecule has 0 saturated heterocycles. The Balaban J connectivity index is 1.75. The fraction of sp³-hybridized carbons (Fsp3) is 0.190. The van der Waals surface area contributed by atoms with Crippen molar-refractivity contribution < 1.29 is 9.50 Å². The molecule has 0 bridgehead atoms. The molecule has 148 valence electrons. The number of para-hydroxylation sites is 2. The number of imidazole rings is 1. The molecule has 0 spiro atoms. The molecule has 0 saturated carbocycles. The maximum Gasteiger partial charge on any atom is 0.224 e. The van der Waals surface area contributed by atoms with Crippen molar-refractivity contribution in [3.05, 3.63) is 66.6 Å². The zero-order chi connectivity index (χ0) is 20.1. The monoisotopic (exact) mass is 392 g/mol. The molecule has 0 radical (unpaired) electrons. The van der Waals surface area contributed by atoms with E-state index in [0.717, 1.165) is 12.1 Å². The quantitative estimate of drug-likeness (QED) is 0.395. The Morgan fingerprint density at radius 1 is 0.966 bits per heavy atom. The predicted molar refractivity (Wildman–Crippen MR) is 111 cm³/mol. The minimum atomic E-state index is -0.364. The second-order valence-corrected chi connectivity index (χ2v) is 6.47. The van der Waals surface area contributed by atoms with E-state index in [9.17, 15) is 4.39 Å². The first-order chi connectivity index (χ1) is 14.3. The van der Waals surface area contributed by atoms with Crippen molar-refractivity contribution in [3.8, 4) is 5.69 Å². The van der Waals surface area contributed by atoms with Crippen molar-refractivity contribution in [3.63, 3.8) is 0 Å². The second kappa shape index (κ2) is 8.66. The molecule has 8 heteroatoms. The molecule has 2 heterocycles. The van der Waals surface area contributed by atoms with E-state index in [4.69, 9.17) is 5.11 Å². The maximum atomic E-state index is 14.2. The van der Waals surface area contributed by atoms with Crippen LogP contribution in [-0.4, -0.2) is 37.8 Å². The summed E-state index contributed by atoms with van der Waals surface area (Å²) in [7, 11) is 0. The Bertz CT molecular complexity index is 1100. The number of nitrogens with zero attached hydrogens (tertiary/aromatic N) is 4. The average molecular weight is 392 g/mol. The van der Waals surface area contributed by atoms with Crippen LogP contribution in [-0.2, 0) is 0 Å². The van der Waals surface area contributed by atoms with Gasteiger partial charge in [0.1, 0.15) is 11.3 Å². The van der Waals surface area contributed by atoms with Gasteiger partial charge in [0, 0.05) is 13.2 Å². The summed E-state index contributed by atoms with van der Waals surface area (Å²) in [6.07, 6.45) is 3.17. The number of rotatable bonds is 8. The number of aliphatic hydroxyl groups is 1. The van der Waals surface area contributed by atoms with E-state index in [1.807, 2.05) is 34.9 Å². The van der Waals surface area contributed by atoms with Crippen molar-refractivity contribution in [2.75, 3.05) is 23.8 Å². The third-order valence-corrected chi connectivity index (χ3v) is 4.40. The van der Waals surface area contributed by atoms with Crippen LogP contribution in [0.1, 0.15) is 12.8 Å².